The van der Waals surface area contributed by atoms with E-state index in [0.29, 0.717) is 0 Å². The number of likely N-dealkylation sites (N-methyl/N-ethyl adjacent to an activating group) is 1. The zero-order chi connectivity index (χ0) is 14.7. The van der Waals surface area contributed by atoms with Crippen molar-refractivity contribution in [1.29, 1.82) is 0 Å². The van der Waals surface area contributed by atoms with E-state index in [-0.39, 0.29) is 17.7 Å². The van der Waals surface area contributed by atoms with E-state index in [4.69, 9.17) is 0 Å². The van der Waals surface area contributed by atoms with Crippen LogP contribution in [0.25, 0.3) is 0 Å². The summed E-state index contributed by atoms with van der Waals surface area (Å²) in [6.07, 6.45) is 3.66. The van der Waals surface area contributed by atoms with E-state index in [1.807, 2.05) is 49.5 Å². The summed E-state index contributed by atoms with van der Waals surface area (Å²) >= 11 is 0. The molecule has 0 aliphatic carbocycles. The fraction of sp³-hybridized carbons (Fsp3) is 0.211. The molecule has 2 nitrogen and oxygen atoms in total. The third-order valence-electron chi connectivity index (χ3n) is 4.08. The van der Waals surface area contributed by atoms with Crippen molar-refractivity contribution in [3.63, 3.8) is 0 Å². The van der Waals surface area contributed by atoms with Crippen molar-refractivity contribution < 1.29 is 4.79 Å². The summed E-state index contributed by atoms with van der Waals surface area (Å²) in [7, 11) is 2.02. The summed E-state index contributed by atoms with van der Waals surface area (Å²) in [5, 5.41) is 0. The van der Waals surface area contributed by atoms with E-state index in [9.17, 15) is 4.79 Å². The lowest BCUT2D eigenvalue weighted by Gasteiger charge is -2.35. The zero-order valence-corrected chi connectivity index (χ0v) is 12.1. The van der Waals surface area contributed by atoms with Crippen LogP contribution in [0.1, 0.15) is 17.0 Å². The predicted octanol–water partition coefficient (Wildman–Crippen LogP) is 3.26. The quantitative estimate of drug-likeness (QED) is 0.858. The van der Waals surface area contributed by atoms with E-state index in [0.717, 1.165) is 6.54 Å². The van der Waals surface area contributed by atoms with Gasteiger partial charge < -0.3 is 0 Å². The highest BCUT2D eigenvalue weighted by atomic mass is 16.1. The van der Waals surface area contributed by atoms with Gasteiger partial charge in [0.15, 0.2) is 5.78 Å². The van der Waals surface area contributed by atoms with Gasteiger partial charge in [-0.3, -0.25) is 9.69 Å². The average Bonchev–Trinajstić information content (AvgIpc) is 2.53. The first-order valence-corrected chi connectivity index (χ1v) is 7.28. The van der Waals surface area contributed by atoms with E-state index < -0.39 is 0 Å². The van der Waals surface area contributed by atoms with E-state index in [2.05, 4.69) is 29.2 Å². The van der Waals surface area contributed by atoms with Crippen LogP contribution in [0.5, 0.6) is 0 Å². The monoisotopic (exact) mass is 277 g/mol. The normalized spacial score (nSPS) is 19.1. The molecule has 0 radical (unpaired) electrons. The largest absolute Gasteiger partial charge is 0.293 e. The molecule has 2 aromatic carbocycles. The Morgan fingerprint density at radius 1 is 0.952 bits per heavy atom. The Labute approximate surface area is 125 Å². The van der Waals surface area contributed by atoms with E-state index in [1.165, 1.54) is 11.1 Å². The molecule has 0 N–H and O–H groups in total. The van der Waals surface area contributed by atoms with Crippen molar-refractivity contribution in [3.8, 4) is 0 Å². The van der Waals surface area contributed by atoms with Crippen molar-refractivity contribution in [1.82, 2.24) is 4.90 Å². The van der Waals surface area contributed by atoms with Gasteiger partial charge in [-0.2, -0.15) is 0 Å². The minimum atomic E-state index is -0.139. The summed E-state index contributed by atoms with van der Waals surface area (Å²) in [4.78, 5) is 14.6. The Kier molecular flexibility index (Phi) is 3.98. The number of nitrogens with zero attached hydrogens (tertiary/aromatic N) is 1. The standard InChI is InChI=1S/C19H19NO/c1-20-14-8-13-17(21)19(20)18(15-9-4-2-5-10-15)16-11-6-3-7-12-16/h2-13,18-19H,14H2,1H3/t19-/m1/s1. The second-order valence-electron chi connectivity index (χ2n) is 5.49. The number of hydrogen-bond donors (Lipinski definition) is 0. The van der Waals surface area contributed by atoms with Crippen LogP contribution in [0, 0.1) is 0 Å². The smallest absolute Gasteiger partial charge is 0.173 e. The molecular weight excluding hydrogens is 258 g/mol. The van der Waals surface area contributed by atoms with Crippen molar-refractivity contribution in [3.05, 3.63) is 83.9 Å². The maximum Gasteiger partial charge on any atom is 0.173 e. The zero-order valence-electron chi connectivity index (χ0n) is 12.1. The van der Waals surface area contributed by atoms with Gasteiger partial charge in [0.1, 0.15) is 0 Å². The van der Waals surface area contributed by atoms with Crippen LogP contribution >= 0.6 is 0 Å². The number of hydrogen-bond acceptors (Lipinski definition) is 2. The minimum Gasteiger partial charge on any atom is -0.293 e. The first kappa shape index (κ1) is 13.8. The summed E-state index contributed by atoms with van der Waals surface area (Å²) < 4.78 is 0. The Hall–Kier alpha value is -2.19. The van der Waals surface area contributed by atoms with E-state index >= 15 is 0 Å². The molecular formula is C19H19NO. The first-order valence-electron chi connectivity index (χ1n) is 7.28. The highest BCUT2D eigenvalue weighted by molar-refractivity contribution is 5.96. The molecule has 0 fully saturated rings. The van der Waals surface area contributed by atoms with Crippen molar-refractivity contribution >= 4 is 5.78 Å². The Morgan fingerprint density at radius 3 is 1.95 bits per heavy atom. The molecule has 1 aliphatic heterocycles. The molecule has 1 aliphatic rings. The Bertz CT molecular complexity index is 594. The second kappa shape index (κ2) is 6.06. The third-order valence-corrected chi connectivity index (χ3v) is 4.08. The van der Waals surface area contributed by atoms with Gasteiger partial charge in [0.05, 0.1) is 6.04 Å². The SMILES string of the molecule is CN1CC=CC(=O)[C@@H]1C(c1ccccc1)c1ccccc1. The predicted molar refractivity (Wildman–Crippen MR) is 85.3 cm³/mol. The van der Waals surface area contributed by atoms with Crippen LogP contribution in [0.2, 0.25) is 0 Å². The van der Waals surface area contributed by atoms with Gasteiger partial charge in [-0.05, 0) is 24.3 Å². The molecule has 1 heterocycles. The van der Waals surface area contributed by atoms with Crippen LogP contribution in [0.3, 0.4) is 0 Å². The van der Waals surface area contributed by atoms with Crippen molar-refractivity contribution in [2.24, 2.45) is 0 Å². The minimum absolute atomic E-state index is 0.0647. The van der Waals surface area contributed by atoms with Gasteiger partial charge in [-0.25, -0.2) is 0 Å². The molecule has 3 rings (SSSR count). The molecule has 21 heavy (non-hydrogen) atoms. The van der Waals surface area contributed by atoms with Crippen molar-refractivity contribution in [2.45, 2.75) is 12.0 Å². The van der Waals surface area contributed by atoms with Gasteiger partial charge in [0, 0.05) is 12.5 Å². The maximum atomic E-state index is 12.5. The molecule has 106 valence electrons. The molecule has 0 spiro atoms. The summed E-state index contributed by atoms with van der Waals surface area (Å²) in [6, 6.07) is 20.5. The third kappa shape index (κ3) is 2.81. The first-order chi connectivity index (χ1) is 10.3. The number of carbonyl (C=O) groups excluding carboxylic acids is 1. The molecule has 2 aromatic rings. The molecule has 0 unspecified atom stereocenters. The number of ketones is 1. The summed E-state index contributed by atoms with van der Waals surface area (Å²) in [5.74, 6) is 0.247. The van der Waals surface area contributed by atoms with Crippen LogP contribution < -0.4 is 0 Å². The molecule has 0 aromatic heterocycles. The average molecular weight is 277 g/mol. The number of benzene rings is 2. The Balaban J connectivity index is 2.09. The fourth-order valence-corrected chi connectivity index (χ4v) is 3.06. The molecule has 1 atom stereocenters. The number of rotatable bonds is 3. The highest BCUT2D eigenvalue weighted by Gasteiger charge is 2.33. The lowest BCUT2D eigenvalue weighted by Crippen LogP contribution is -2.45. The molecule has 0 saturated heterocycles. The van der Waals surface area contributed by atoms with Crippen LogP contribution in [0.4, 0.5) is 0 Å². The van der Waals surface area contributed by atoms with Crippen molar-refractivity contribution in [2.75, 3.05) is 13.6 Å². The van der Waals surface area contributed by atoms with Crippen LogP contribution in [0.15, 0.2) is 72.8 Å². The van der Waals surface area contributed by atoms with Crippen LogP contribution in [-0.4, -0.2) is 30.3 Å². The number of carbonyl (C=O) groups is 1. The fourth-order valence-electron chi connectivity index (χ4n) is 3.06. The Morgan fingerprint density at radius 2 is 1.48 bits per heavy atom. The molecule has 2 heteroatoms. The van der Waals surface area contributed by atoms with Gasteiger partial charge in [-0.1, -0.05) is 66.7 Å². The maximum absolute atomic E-state index is 12.5. The summed E-state index contributed by atoms with van der Waals surface area (Å²) in [5.41, 5.74) is 2.37. The topological polar surface area (TPSA) is 20.3 Å². The summed E-state index contributed by atoms with van der Waals surface area (Å²) in [6.45, 7) is 0.812. The molecule has 0 bridgehead atoms. The lowest BCUT2D eigenvalue weighted by atomic mass is 9.81. The highest BCUT2D eigenvalue weighted by Crippen LogP contribution is 2.32. The van der Waals surface area contributed by atoms with Gasteiger partial charge in [-0.15, -0.1) is 0 Å². The lowest BCUT2D eigenvalue weighted by molar-refractivity contribution is -0.120. The van der Waals surface area contributed by atoms with Gasteiger partial charge in [0.2, 0.25) is 0 Å². The second-order valence-corrected chi connectivity index (χ2v) is 5.49. The molecule has 0 amide bonds. The van der Waals surface area contributed by atoms with Crippen LogP contribution in [-0.2, 0) is 4.79 Å². The van der Waals surface area contributed by atoms with E-state index in [1.54, 1.807) is 6.08 Å². The van der Waals surface area contributed by atoms with Gasteiger partial charge >= 0.3 is 0 Å². The van der Waals surface area contributed by atoms with Gasteiger partial charge in [0.25, 0.3) is 0 Å². The molecule has 0 saturated carbocycles.